The van der Waals surface area contributed by atoms with E-state index < -0.39 is 0 Å². The van der Waals surface area contributed by atoms with Crippen molar-refractivity contribution in [2.45, 2.75) is 26.3 Å². The molecule has 0 aromatic heterocycles. The maximum Gasteiger partial charge on any atom is 0.266 e. The smallest absolute Gasteiger partial charge is 0.266 e. The van der Waals surface area contributed by atoms with Crippen molar-refractivity contribution < 1.29 is 4.79 Å². The normalized spacial score (nSPS) is 18.5. The van der Waals surface area contributed by atoms with E-state index in [4.69, 9.17) is 12.2 Å². The Morgan fingerprint density at radius 3 is 2.32 bits per heavy atom. The number of rotatable bonds is 1. The summed E-state index contributed by atoms with van der Waals surface area (Å²) in [5, 5.41) is 0. The van der Waals surface area contributed by atoms with Crippen LogP contribution >= 0.6 is 39.9 Å². The predicted octanol–water partition coefficient (Wildman–Crippen LogP) is 4.45. The van der Waals surface area contributed by atoms with E-state index in [-0.39, 0.29) is 11.4 Å². The largest absolute Gasteiger partial charge is 0.288 e. The fraction of sp³-hybridized carbons (Fsp3) is 0.286. The maximum absolute atomic E-state index is 12.4. The molecule has 1 aromatic rings. The lowest BCUT2D eigenvalue weighted by Gasteiger charge is -2.30. The third-order valence-electron chi connectivity index (χ3n) is 2.63. The van der Waals surface area contributed by atoms with Crippen molar-refractivity contribution in [1.29, 1.82) is 0 Å². The van der Waals surface area contributed by atoms with Crippen LogP contribution in [-0.2, 0) is 4.79 Å². The van der Waals surface area contributed by atoms with Gasteiger partial charge in [0.2, 0.25) is 0 Å². The summed E-state index contributed by atoms with van der Waals surface area (Å²) in [4.78, 5) is 14.7. The van der Waals surface area contributed by atoms with E-state index in [0.717, 1.165) is 10.0 Å². The molecule has 0 radical (unpaired) electrons. The molecule has 0 atom stereocenters. The summed E-state index contributed by atoms with van der Waals surface area (Å²) < 4.78 is 1.65. The third kappa shape index (κ3) is 3.27. The van der Waals surface area contributed by atoms with Crippen LogP contribution in [0.5, 0.6) is 0 Å². The lowest BCUT2D eigenvalue weighted by molar-refractivity contribution is -0.125. The van der Waals surface area contributed by atoms with Gasteiger partial charge in [0, 0.05) is 10.0 Å². The number of hydrogen-bond donors (Lipinski definition) is 0. The molecule has 0 bridgehead atoms. The van der Waals surface area contributed by atoms with Crippen molar-refractivity contribution in [3.63, 3.8) is 0 Å². The fourth-order valence-corrected chi connectivity index (χ4v) is 3.66. The second-order valence-electron chi connectivity index (χ2n) is 5.24. The highest BCUT2D eigenvalue weighted by Gasteiger charge is 2.38. The van der Waals surface area contributed by atoms with Crippen LogP contribution < -0.4 is 0 Å². The molecule has 1 heterocycles. The molecule has 0 spiro atoms. The Bertz CT molecular complexity index is 558. The van der Waals surface area contributed by atoms with Crippen LogP contribution in [0, 0.1) is 0 Å². The number of carbonyl (C=O) groups is 1. The minimum atomic E-state index is -0.281. The lowest BCUT2D eigenvalue weighted by Crippen LogP contribution is -2.44. The summed E-state index contributed by atoms with van der Waals surface area (Å²) in [5.74, 6) is -0.00887. The number of carbonyl (C=O) groups excluding carboxylic acids is 1. The van der Waals surface area contributed by atoms with E-state index in [2.05, 4.69) is 15.9 Å². The minimum Gasteiger partial charge on any atom is -0.288 e. The first kappa shape index (κ1) is 14.8. The molecule has 1 saturated heterocycles. The molecule has 0 unspecified atom stereocenters. The Hall–Kier alpha value is -0.650. The second-order valence-corrected chi connectivity index (χ2v) is 7.83. The molecular weight excluding hydrogens is 342 g/mol. The minimum absolute atomic E-state index is 0.00887. The van der Waals surface area contributed by atoms with Crippen molar-refractivity contribution in [2.75, 3.05) is 0 Å². The van der Waals surface area contributed by atoms with Crippen molar-refractivity contribution in [3.05, 3.63) is 39.2 Å². The van der Waals surface area contributed by atoms with Crippen LogP contribution in [0.4, 0.5) is 0 Å². The summed E-state index contributed by atoms with van der Waals surface area (Å²) in [6.07, 6.45) is 1.89. The van der Waals surface area contributed by atoms with E-state index in [0.29, 0.717) is 9.23 Å². The van der Waals surface area contributed by atoms with Crippen LogP contribution in [-0.4, -0.2) is 20.7 Å². The molecule has 5 heteroatoms. The van der Waals surface area contributed by atoms with E-state index in [1.165, 1.54) is 11.8 Å². The third-order valence-corrected chi connectivity index (χ3v) is 4.46. The van der Waals surface area contributed by atoms with Crippen LogP contribution in [0.25, 0.3) is 6.08 Å². The van der Waals surface area contributed by atoms with Crippen LogP contribution in [0.2, 0.25) is 0 Å². The summed E-state index contributed by atoms with van der Waals surface area (Å²) in [5.41, 5.74) is 0.717. The Balaban J connectivity index is 2.31. The average molecular weight is 356 g/mol. The number of thiocarbonyl (C=S) groups is 1. The zero-order valence-corrected chi connectivity index (χ0v) is 14.2. The molecule has 0 aliphatic carbocycles. The van der Waals surface area contributed by atoms with E-state index in [9.17, 15) is 4.79 Å². The Kier molecular flexibility index (Phi) is 4.18. The van der Waals surface area contributed by atoms with Gasteiger partial charge in [0.25, 0.3) is 5.91 Å². The predicted molar refractivity (Wildman–Crippen MR) is 88.9 cm³/mol. The van der Waals surface area contributed by atoms with Gasteiger partial charge in [0.1, 0.15) is 4.32 Å². The molecule has 2 rings (SSSR count). The van der Waals surface area contributed by atoms with Crippen molar-refractivity contribution >= 4 is 56.2 Å². The van der Waals surface area contributed by atoms with Crippen LogP contribution in [0.1, 0.15) is 26.3 Å². The van der Waals surface area contributed by atoms with Gasteiger partial charge in [-0.3, -0.25) is 9.69 Å². The molecular formula is C14H14BrNOS2. The summed E-state index contributed by atoms with van der Waals surface area (Å²) >= 11 is 10.1. The van der Waals surface area contributed by atoms with Gasteiger partial charge < -0.3 is 0 Å². The van der Waals surface area contributed by atoms with E-state index >= 15 is 0 Å². The number of nitrogens with zero attached hydrogens (tertiary/aromatic N) is 1. The molecule has 1 fully saturated rings. The summed E-state index contributed by atoms with van der Waals surface area (Å²) in [7, 11) is 0. The first-order chi connectivity index (χ1) is 8.79. The van der Waals surface area contributed by atoms with Gasteiger partial charge in [-0.15, -0.1) is 0 Å². The number of benzene rings is 1. The first-order valence-corrected chi connectivity index (χ1v) is 7.84. The molecule has 1 amide bonds. The molecule has 100 valence electrons. The highest BCUT2D eigenvalue weighted by Crippen LogP contribution is 2.36. The topological polar surface area (TPSA) is 20.3 Å². The monoisotopic (exact) mass is 355 g/mol. The zero-order chi connectivity index (χ0) is 14.2. The Morgan fingerprint density at radius 2 is 1.84 bits per heavy atom. The molecule has 1 aliphatic heterocycles. The van der Waals surface area contributed by atoms with Gasteiger partial charge in [-0.1, -0.05) is 52.0 Å². The Labute approximate surface area is 131 Å². The van der Waals surface area contributed by atoms with Gasteiger partial charge >= 0.3 is 0 Å². The average Bonchev–Trinajstić information content (AvgIpc) is 2.56. The van der Waals surface area contributed by atoms with Crippen LogP contribution in [0.15, 0.2) is 33.6 Å². The number of halogens is 1. The van der Waals surface area contributed by atoms with Gasteiger partial charge in [-0.05, 0) is 44.5 Å². The van der Waals surface area contributed by atoms with Gasteiger partial charge in [-0.25, -0.2) is 0 Å². The van der Waals surface area contributed by atoms with Crippen molar-refractivity contribution in [1.82, 2.24) is 4.90 Å². The standard InChI is InChI=1S/C14H14BrNOS2/c1-14(2,3)16-12(17)11(19-13(16)18)8-9-4-6-10(15)7-5-9/h4-8H,1-3H3. The summed E-state index contributed by atoms with van der Waals surface area (Å²) in [6, 6.07) is 7.84. The summed E-state index contributed by atoms with van der Waals surface area (Å²) in [6.45, 7) is 5.96. The number of thioether (sulfide) groups is 1. The quantitative estimate of drug-likeness (QED) is 0.548. The highest BCUT2D eigenvalue weighted by molar-refractivity contribution is 9.10. The maximum atomic E-state index is 12.4. The second kappa shape index (κ2) is 5.38. The molecule has 0 N–H and O–H groups in total. The molecule has 0 saturated carbocycles. The lowest BCUT2D eigenvalue weighted by atomic mass is 10.1. The zero-order valence-electron chi connectivity index (χ0n) is 10.9. The van der Waals surface area contributed by atoms with Crippen molar-refractivity contribution in [3.8, 4) is 0 Å². The van der Waals surface area contributed by atoms with Gasteiger partial charge in [0.15, 0.2) is 0 Å². The SMILES string of the molecule is CC(C)(C)N1C(=O)C(=Cc2ccc(Br)cc2)SC1=S. The molecule has 1 aliphatic rings. The van der Waals surface area contributed by atoms with E-state index in [1.807, 2.05) is 51.1 Å². The Morgan fingerprint density at radius 1 is 1.26 bits per heavy atom. The first-order valence-electron chi connectivity index (χ1n) is 5.83. The number of amides is 1. The van der Waals surface area contributed by atoms with Crippen molar-refractivity contribution in [2.24, 2.45) is 0 Å². The van der Waals surface area contributed by atoms with Gasteiger partial charge in [0.05, 0.1) is 4.91 Å². The number of hydrogen-bond acceptors (Lipinski definition) is 3. The fourth-order valence-electron chi connectivity index (χ4n) is 1.76. The molecule has 2 nitrogen and oxygen atoms in total. The van der Waals surface area contributed by atoms with Crippen LogP contribution in [0.3, 0.4) is 0 Å². The van der Waals surface area contributed by atoms with Gasteiger partial charge in [-0.2, -0.15) is 0 Å². The molecule has 1 aromatic carbocycles. The van der Waals surface area contributed by atoms with E-state index in [1.54, 1.807) is 4.90 Å². The highest BCUT2D eigenvalue weighted by atomic mass is 79.9. The molecule has 19 heavy (non-hydrogen) atoms.